The summed E-state index contributed by atoms with van der Waals surface area (Å²) in [5.74, 6) is 0. The minimum absolute atomic E-state index is 0.0402. The molecule has 0 aliphatic heterocycles. The van der Waals surface area contributed by atoms with Gasteiger partial charge in [-0.2, -0.15) is 0 Å². The Morgan fingerprint density at radius 1 is 1.75 bits per heavy atom. The normalized spacial score (nSPS) is 9.75. The summed E-state index contributed by atoms with van der Waals surface area (Å²) >= 11 is 0. The topological polar surface area (TPSA) is 48.0 Å². The molecule has 2 N–H and O–H groups in total. The van der Waals surface area contributed by atoms with Gasteiger partial charge < -0.3 is 10.3 Å². The molecule has 1 aromatic rings. The lowest BCUT2D eigenvalue weighted by molar-refractivity contribution is 0.780. The van der Waals surface area contributed by atoms with Crippen molar-refractivity contribution in [3.05, 3.63) is 40.8 Å². The van der Waals surface area contributed by atoms with E-state index in [4.69, 9.17) is 5.73 Å². The van der Waals surface area contributed by atoms with Gasteiger partial charge in [-0.05, 0) is 12.5 Å². The van der Waals surface area contributed by atoms with Gasteiger partial charge in [0.1, 0.15) is 0 Å². The van der Waals surface area contributed by atoms with Crippen LogP contribution in [0.1, 0.15) is 5.56 Å². The third-order valence-corrected chi connectivity index (χ3v) is 1.70. The van der Waals surface area contributed by atoms with Crippen LogP contribution in [0.2, 0.25) is 0 Å². The predicted octanol–water partition coefficient (Wildman–Crippen LogP) is 0.925. The van der Waals surface area contributed by atoms with E-state index in [9.17, 15) is 4.79 Å². The third-order valence-electron chi connectivity index (χ3n) is 1.70. The summed E-state index contributed by atoms with van der Waals surface area (Å²) in [6, 6.07) is 1.53. The Kier molecular flexibility index (Phi) is 2.33. The zero-order valence-electron chi connectivity index (χ0n) is 7.08. The van der Waals surface area contributed by atoms with Crippen LogP contribution in [-0.4, -0.2) is 4.57 Å². The van der Waals surface area contributed by atoms with Crippen molar-refractivity contribution in [3.8, 4) is 0 Å². The number of anilines is 1. The molecule has 0 spiro atoms. The van der Waals surface area contributed by atoms with Crippen LogP contribution in [0.3, 0.4) is 0 Å². The van der Waals surface area contributed by atoms with E-state index in [0.717, 1.165) is 5.56 Å². The fourth-order valence-corrected chi connectivity index (χ4v) is 0.967. The smallest absolute Gasteiger partial charge is 0.251 e. The van der Waals surface area contributed by atoms with Crippen molar-refractivity contribution < 1.29 is 0 Å². The summed E-state index contributed by atoms with van der Waals surface area (Å²) in [6.45, 7) is 5.87. The second-order valence-electron chi connectivity index (χ2n) is 2.69. The molecule has 0 aliphatic carbocycles. The second-order valence-corrected chi connectivity index (χ2v) is 2.69. The van der Waals surface area contributed by atoms with Crippen LogP contribution in [0.25, 0.3) is 0 Å². The van der Waals surface area contributed by atoms with E-state index in [1.807, 2.05) is 6.92 Å². The molecule has 3 heteroatoms. The number of rotatable bonds is 2. The number of nitrogen functional groups attached to an aromatic ring is 1. The van der Waals surface area contributed by atoms with Crippen molar-refractivity contribution in [1.82, 2.24) is 4.57 Å². The quantitative estimate of drug-likeness (QED) is 0.661. The molecule has 1 heterocycles. The Morgan fingerprint density at radius 3 is 3.00 bits per heavy atom. The van der Waals surface area contributed by atoms with Crippen molar-refractivity contribution in [2.45, 2.75) is 13.5 Å². The molecule has 3 nitrogen and oxygen atoms in total. The number of hydrogen-bond donors (Lipinski definition) is 1. The van der Waals surface area contributed by atoms with Gasteiger partial charge in [0, 0.05) is 18.8 Å². The highest BCUT2D eigenvalue weighted by molar-refractivity contribution is 5.42. The van der Waals surface area contributed by atoms with Crippen molar-refractivity contribution in [2.24, 2.45) is 0 Å². The van der Waals surface area contributed by atoms with Crippen LogP contribution in [-0.2, 0) is 6.54 Å². The SMILES string of the molecule is C=CCn1cc(N)c(C)cc1=O. The van der Waals surface area contributed by atoms with Gasteiger partial charge in [0.05, 0.1) is 5.69 Å². The minimum Gasteiger partial charge on any atom is -0.397 e. The Bertz CT molecular complexity index is 352. The Morgan fingerprint density at radius 2 is 2.42 bits per heavy atom. The van der Waals surface area contributed by atoms with Gasteiger partial charge in [-0.15, -0.1) is 6.58 Å². The second kappa shape index (κ2) is 3.26. The number of aryl methyl sites for hydroxylation is 1. The molecule has 0 fully saturated rings. The minimum atomic E-state index is -0.0402. The maximum atomic E-state index is 11.2. The van der Waals surface area contributed by atoms with Gasteiger partial charge in [-0.25, -0.2) is 0 Å². The highest BCUT2D eigenvalue weighted by Crippen LogP contribution is 2.04. The van der Waals surface area contributed by atoms with Gasteiger partial charge in [0.25, 0.3) is 5.56 Å². The lowest BCUT2D eigenvalue weighted by atomic mass is 10.2. The van der Waals surface area contributed by atoms with E-state index in [2.05, 4.69) is 6.58 Å². The van der Waals surface area contributed by atoms with Gasteiger partial charge in [0.15, 0.2) is 0 Å². The van der Waals surface area contributed by atoms with E-state index in [-0.39, 0.29) is 5.56 Å². The molecule has 64 valence electrons. The Hall–Kier alpha value is -1.51. The Balaban J connectivity index is 3.23. The number of pyridine rings is 1. The number of nitrogens with zero attached hydrogens (tertiary/aromatic N) is 1. The molecule has 1 rings (SSSR count). The largest absolute Gasteiger partial charge is 0.397 e. The number of hydrogen-bond acceptors (Lipinski definition) is 2. The summed E-state index contributed by atoms with van der Waals surface area (Å²) in [7, 11) is 0. The van der Waals surface area contributed by atoms with Crippen molar-refractivity contribution >= 4 is 5.69 Å². The predicted molar refractivity (Wildman–Crippen MR) is 50.0 cm³/mol. The van der Waals surface area contributed by atoms with Crippen LogP contribution in [0.4, 0.5) is 5.69 Å². The van der Waals surface area contributed by atoms with E-state index in [0.29, 0.717) is 12.2 Å². The van der Waals surface area contributed by atoms with Gasteiger partial charge >= 0.3 is 0 Å². The van der Waals surface area contributed by atoms with Crippen LogP contribution in [0, 0.1) is 6.92 Å². The molecule has 0 aromatic carbocycles. The zero-order valence-corrected chi connectivity index (χ0v) is 7.08. The zero-order chi connectivity index (χ0) is 9.14. The molecule has 0 saturated carbocycles. The average molecular weight is 164 g/mol. The maximum Gasteiger partial charge on any atom is 0.251 e. The average Bonchev–Trinajstić information content (AvgIpc) is 2.01. The van der Waals surface area contributed by atoms with Crippen molar-refractivity contribution in [3.63, 3.8) is 0 Å². The van der Waals surface area contributed by atoms with Crippen molar-refractivity contribution in [2.75, 3.05) is 5.73 Å². The summed E-state index contributed by atoms with van der Waals surface area (Å²) < 4.78 is 1.52. The lowest BCUT2D eigenvalue weighted by Crippen LogP contribution is -2.19. The molecule has 0 radical (unpaired) electrons. The first-order valence-electron chi connectivity index (χ1n) is 3.72. The molecule has 1 aromatic heterocycles. The summed E-state index contributed by atoms with van der Waals surface area (Å²) in [4.78, 5) is 11.2. The van der Waals surface area contributed by atoms with Gasteiger partial charge in [-0.3, -0.25) is 4.79 Å². The van der Waals surface area contributed by atoms with E-state index >= 15 is 0 Å². The molecule has 0 aliphatic rings. The molecule has 0 bridgehead atoms. The summed E-state index contributed by atoms with van der Waals surface area (Å²) in [6.07, 6.45) is 3.30. The molecule has 0 amide bonds. The standard InChI is InChI=1S/C9H12N2O/c1-3-4-11-6-8(10)7(2)5-9(11)12/h3,5-6H,1,4,10H2,2H3. The molecule has 12 heavy (non-hydrogen) atoms. The highest BCUT2D eigenvalue weighted by atomic mass is 16.1. The fraction of sp³-hybridized carbons (Fsp3) is 0.222. The van der Waals surface area contributed by atoms with E-state index < -0.39 is 0 Å². The third kappa shape index (κ3) is 1.56. The molecule has 0 unspecified atom stereocenters. The summed E-state index contributed by atoms with van der Waals surface area (Å²) in [5, 5.41) is 0. The van der Waals surface area contributed by atoms with Gasteiger partial charge in [0.2, 0.25) is 0 Å². The Labute approximate surface area is 71.1 Å². The monoisotopic (exact) mass is 164 g/mol. The number of nitrogens with two attached hydrogens (primary N) is 1. The van der Waals surface area contributed by atoms with Crippen molar-refractivity contribution in [1.29, 1.82) is 0 Å². The maximum absolute atomic E-state index is 11.2. The van der Waals surface area contributed by atoms with Gasteiger partial charge in [-0.1, -0.05) is 6.08 Å². The first kappa shape index (κ1) is 8.59. The highest BCUT2D eigenvalue weighted by Gasteiger charge is 1.97. The molecule has 0 saturated heterocycles. The van der Waals surface area contributed by atoms with Crippen LogP contribution < -0.4 is 11.3 Å². The van der Waals surface area contributed by atoms with Crippen LogP contribution in [0.5, 0.6) is 0 Å². The molecular formula is C9H12N2O. The van der Waals surface area contributed by atoms with E-state index in [1.54, 1.807) is 12.3 Å². The summed E-state index contributed by atoms with van der Waals surface area (Å²) in [5.41, 5.74) is 7.04. The molecular weight excluding hydrogens is 152 g/mol. The number of aromatic nitrogens is 1. The van der Waals surface area contributed by atoms with E-state index in [1.165, 1.54) is 10.6 Å². The fourth-order valence-electron chi connectivity index (χ4n) is 0.967. The van der Waals surface area contributed by atoms with Crippen LogP contribution >= 0.6 is 0 Å². The molecule has 0 atom stereocenters. The lowest BCUT2D eigenvalue weighted by Gasteiger charge is -2.04. The number of allylic oxidation sites excluding steroid dienone is 1. The first-order chi connectivity index (χ1) is 5.65. The first-order valence-corrected chi connectivity index (χ1v) is 3.72. The van der Waals surface area contributed by atoms with Crippen LogP contribution in [0.15, 0.2) is 29.7 Å².